The lowest BCUT2D eigenvalue weighted by molar-refractivity contribution is -0.299. The number of carboxylic acids is 1. The predicted octanol–water partition coefficient (Wildman–Crippen LogP) is 1.07. The van der Waals surface area contributed by atoms with Gasteiger partial charge in [-0.05, 0) is 28.5 Å². The van der Waals surface area contributed by atoms with Gasteiger partial charge in [-0.15, -0.1) is 0 Å². The minimum Gasteiger partial charge on any atom is -0.543 e. The molecule has 4 nitrogen and oxygen atoms in total. The molecule has 0 aromatic heterocycles. The average Bonchev–Trinajstić information content (AvgIpc) is 2.37. The summed E-state index contributed by atoms with van der Waals surface area (Å²) in [6.07, 6.45) is 1.38. The largest absolute Gasteiger partial charge is 0.543 e. The summed E-state index contributed by atoms with van der Waals surface area (Å²) in [4.78, 5) is 21.8. The molecule has 0 bridgehead atoms. The number of carbonyl (C=O) groups is 2. The van der Waals surface area contributed by atoms with Crippen molar-refractivity contribution < 1.29 is 14.7 Å². The highest BCUT2D eigenvalue weighted by atomic mass is 16.4. The van der Waals surface area contributed by atoms with Crippen LogP contribution in [-0.4, -0.2) is 11.9 Å². The van der Waals surface area contributed by atoms with Crippen LogP contribution in [0.3, 0.4) is 0 Å². The number of carboxylic acid groups (broad SMARTS) is 1. The second-order valence-electron chi connectivity index (χ2n) is 4.13. The van der Waals surface area contributed by atoms with Gasteiger partial charge in [0, 0.05) is 6.92 Å². The molecule has 1 amide bonds. The molecule has 4 heteroatoms. The lowest BCUT2D eigenvalue weighted by Crippen LogP contribution is -2.34. The first-order valence-electron chi connectivity index (χ1n) is 5.76. The highest BCUT2D eigenvalue weighted by Gasteiger charge is 2.02. The molecule has 2 aromatic carbocycles. The van der Waals surface area contributed by atoms with Crippen molar-refractivity contribution in [1.82, 2.24) is 5.32 Å². The van der Waals surface area contributed by atoms with Crippen LogP contribution < -0.4 is 10.4 Å². The Hall–Kier alpha value is -2.62. The molecule has 0 aliphatic rings. The fourth-order valence-corrected chi connectivity index (χ4v) is 1.80. The van der Waals surface area contributed by atoms with E-state index in [1.54, 1.807) is 6.07 Å². The SMILES string of the molecule is CC(=O)NC(=Cc1ccc2ccccc2c1)C(=O)[O-]. The quantitative estimate of drug-likeness (QED) is 0.833. The smallest absolute Gasteiger partial charge is 0.221 e. The Morgan fingerprint density at radius 3 is 2.42 bits per heavy atom. The Kier molecular flexibility index (Phi) is 3.61. The van der Waals surface area contributed by atoms with Gasteiger partial charge in [-0.1, -0.05) is 36.4 Å². The summed E-state index contributed by atoms with van der Waals surface area (Å²) in [7, 11) is 0. The summed E-state index contributed by atoms with van der Waals surface area (Å²) < 4.78 is 0. The second-order valence-corrected chi connectivity index (χ2v) is 4.13. The number of hydrogen-bond donors (Lipinski definition) is 1. The summed E-state index contributed by atoms with van der Waals surface area (Å²) in [5.41, 5.74) is 0.439. The highest BCUT2D eigenvalue weighted by molar-refractivity contribution is 5.96. The van der Waals surface area contributed by atoms with Crippen molar-refractivity contribution in [1.29, 1.82) is 0 Å². The number of rotatable bonds is 3. The number of aliphatic carboxylic acids is 1. The molecular weight excluding hydrogens is 242 g/mol. The molecule has 96 valence electrons. The summed E-state index contributed by atoms with van der Waals surface area (Å²) in [6.45, 7) is 1.25. The number of hydrogen-bond acceptors (Lipinski definition) is 3. The molecule has 0 radical (unpaired) electrons. The van der Waals surface area contributed by atoms with Crippen molar-refractivity contribution in [3.8, 4) is 0 Å². The van der Waals surface area contributed by atoms with Crippen molar-refractivity contribution in [2.45, 2.75) is 6.92 Å². The molecule has 0 atom stereocenters. The van der Waals surface area contributed by atoms with E-state index < -0.39 is 11.9 Å². The van der Waals surface area contributed by atoms with Crippen LogP contribution in [0, 0.1) is 0 Å². The average molecular weight is 254 g/mol. The van der Waals surface area contributed by atoms with Gasteiger partial charge in [0.25, 0.3) is 0 Å². The van der Waals surface area contributed by atoms with Crippen molar-refractivity contribution in [3.63, 3.8) is 0 Å². The molecule has 1 N–H and O–H groups in total. The van der Waals surface area contributed by atoms with Crippen LogP contribution in [0.25, 0.3) is 16.8 Å². The monoisotopic (exact) mass is 254 g/mol. The molecule has 2 rings (SSSR count). The normalized spacial score (nSPS) is 11.3. The topological polar surface area (TPSA) is 69.2 Å². The van der Waals surface area contributed by atoms with E-state index in [0.717, 1.165) is 10.8 Å². The van der Waals surface area contributed by atoms with E-state index >= 15 is 0 Å². The molecule has 0 heterocycles. The van der Waals surface area contributed by atoms with Gasteiger partial charge in [-0.3, -0.25) is 4.79 Å². The van der Waals surface area contributed by atoms with E-state index in [4.69, 9.17) is 0 Å². The van der Waals surface area contributed by atoms with Crippen molar-refractivity contribution in [2.24, 2.45) is 0 Å². The third-order valence-corrected chi connectivity index (χ3v) is 2.62. The standard InChI is InChI=1S/C15H13NO3/c1-10(17)16-14(15(18)19)9-11-6-7-12-4-2-3-5-13(12)8-11/h2-9H,1H3,(H,16,17)(H,18,19)/p-1. The lowest BCUT2D eigenvalue weighted by Gasteiger charge is -2.09. The Balaban J connectivity index is 2.42. The Bertz CT molecular complexity index is 674. The fraction of sp³-hybridized carbons (Fsp3) is 0.0667. The van der Waals surface area contributed by atoms with Gasteiger partial charge >= 0.3 is 0 Å². The van der Waals surface area contributed by atoms with E-state index in [2.05, 4.69) is 5.32 Å². The zero-order chi connectivity index (χ0) is 13.8. The molecule has 0 fully saturated rings. The van der Waals surface area contributed by atoms with E-state index in [1.165, 1.54) is 13.0 Å². The molecule has 19 heavy (non-hydrogen) atoms. The van der Waals surface area contributed by atoms with Gasteiger partial charge in [-0.25, -0.2) is 0 Å². The summed E-state index contributed by atoms with van der Waals surface area (Å²) in [5, 5.41) is 15.2. The lowest BCUT2D eigenvalue weighted by atomic mass is 10.1. The number of benzene rings is 2. The molecule has 0 aliphatic carbocycles. The minimum atomic E-state index is -1.41. The molecule has 0 saturated carbocycles. The summed E-state index contributed by atoms with van der Waals surface area (Å²) in [6, 6.07) is 13.3. The first-order chi connectivity index (χ1) is 9.06. The molecule has 2 aromatic rings. The van der Waals surface area contributed by atoms with E-state index in [0.29, 0.717) is 5.56 Å². The van der Waals surface area contributed by atoms with Crippen LogP contribution in [0.5, 0.6) is 0 Å². The van der Waals surface area contributed by atoms with Crippen molar-refractivity contribution in [2.75, 3.05) is 0 Å². The first kappa shape index (κ1) is 12.8. The van der Waals surface area contributed by atoms with Crippen LogP contribution in [0.15, 0.2) is 48.2 Å². The van der Waals surface area contributed by atoms with E-state index in [1.807, 2.05) is 36.4 Å². The van der Waals surface area contributed by atoms with Gasteiger partial charge < -0.3 is 15.2 Å². The Labute approximate surface area is 110 Å². The third kappa shape index (κ3) is 3.19. The highest BCUT2D eigenvalue weighted by Crippen LogP contribution is 2.17. The van der Waals surface area contributed by atoms with Crippen LogP contribution in [-0.2, 0) is 9.59 Å². The summed E-state index contributed by atoms with van der Waals surface area (Å²) >= 11 is 0. The molecule has 0 saturated heterocycles. The van der Waals surface area contributed by atoms with E-state index in [-0.39, 0.29) is 5.70 Å². The number of amides is 1. The second kappa shape index (κ2) is 5.35. The van der Waals surface area contributed by atoms with Gasteiger partial charge in [-0.2, -0.15) is 0 Å². The molecular formula is C15H12NO3-. The van der Waals surface area contributed by atoms with Crippen LogP contribution in [0.1, 0.15) is 12.5 Å². The van der Waals surface area contributed by atoms with Crippen LogP contribution in [0.4, 0.5) is 0 Å². The molecule has 0 unspecified atom stereocenters. The van der Waals surface area contributed by atoms with Gasteiger partial charge in [0.1, 0.15) is 0 Å². The molecule has 0 aliphatic heterocycles. The van der Waals surface area contributed by atoms with Crippen molar-refractivity contribution in [3.05, 3.63) is 53.7 Å². The van der Waals surface area contributed by atoms with Gasteiger partial charge in [0.15, 0.2) is 0 Å². The zero-order valence-corrected chi connectivity index (χ0v) is 10.3. The Morgan fingerprint density at radius 2 is 1.79 bits per heavy atom. The van der Waals surface area contributed by atoms with Gasteiger partial charge in [0.05, 0.1) is 11.7 Å². The number of fused-ring (bicyclic) bond motifs is 1. The fourth-order valence-electron chi connectivity index (χ4n) is 1.80. The van der Waals surface area contributed by atoms with Crippen LogP contribution >= 0.6 is 0 Å². The third-order valence-electron chi connectivity index (χ3n) is 2.62. The minimum absolute atomic E-state index is 0.247. The maximum absolute atomic E-state index is 10.9. The first-order valence-corrected chi connectivity index (χ1v) is 5.76. The number of nitrogens with one attached hydrogen (secondary N) is 1. The maximum atomic E-state index is 10.9. The van der Waals surface area contributed by atoms with E-state index in [9.17, 15) is 14.7 Å². The zero-order valence-electron chi connectivity index (χ0n) is 10.3. The Morgan fingerprint density at radius 1 is 1.11 bits per heavy atom. The predicted molar refractivity (Wildman–Crippen MR) is 70.7 cm³/mol. The van der Waals surface area contributed by atoms with Crippen LogP contribution in [0.2, 0.25) is 0 Å². The summed E-state index contributed by atoms with van der Waals surface area (Å²) in [5.74, 6) is -1.86. The van der Waals surface area contributed by atoms with Gasteiger partial charge in [0.2, 0.25) is 5.91 Å². The number of carbonyl (C=O) groups excluding carboxylic acids is 2. The van der Waals surface area contributed by atoms with Crippen molar-refractivity contribution >= 4 is 28.7 Å². The maximum Gasteiger partial charge on any atom is 0.221 e. The molecule has 0 spiro atoms.